The first-order chi connectivity index (χ1) is 10.5. The van der Waals surface area contributed by atoms with Crippen molar-refractivity contribution in [3.8, 4) is 11.6 Å². The van der Waals surface area contributed by atoms with Crippen LogP contribution in [-0.2, 0) is 0 Å². The van der Waals surface area contributed by atoms with Crippen molar-refractivity contribution in [2.75, 3.05) is 0 Å². The Morgan fingerprint density at radius 2 is 1.27 bits per heavy atom. The quantitative estimate of drug-likeness (QED) is 0.680. The highest BCUT2D eigenvalue weighted by atomic mass is 15.4. The third-order valence-corrected chi connectivity index (χ3v) is 3.41. The maximum Gasteiger partial charge on any atom is 0.240 e. The first kappa shape index (κ1) is 14.4. The molecule has 114 valence electrons. The van der Waals surface area contributed by atoms with Crippen LogP contribution in [0.4, 0.5) is 0 Å². The lowest BCUT2D eigenvalue weighted by Gasteiger charge is -1.98. The van der Waals surface area contributed by atoms with Gasteiger partial charge in [0.2, 0.25) is 24.3 Å². The lowest BCUT2D eigenvalue weighted by Crippen LogP contribution is -2.34. The highest BCUT2D eigenvalue weighted by Gasteiger charge is 2.15. The summed E-state index contributed by atoms with van der Waals surface area (Å²) in [4.78, 5) is 4.68. The van der Waals surface area contributed by atoms with E-state index in [1.807, 2.05) is 49.4 Å². The standard InChI is InChI=1S/C15H21N7/c1-12(2)21-10-19(8-16-21)14-6-5-7-15(18-14)20-9-17-22(11-20)13(3)4/h5-13H,1-4H3/q+2. The molecular weight excluding hydrogens is 278 g/mol. The van der Waals surface area contributed by atoms with Crippen molar-refractivity contribution in [3.63, 3.8) is 0 Å². The van der Waals surface area contributed by atoms with Gasteiger partial charge in [-0.25, -0.2) is 0 Å². The summed E-state index contributed by atoms with van der Waals surface area (Å²) in [6.07, 6.45) is 7.43. The third kappa shape index (κ3) is 2.74. The molecule has 0 saturated heterocycles. The Morgan fingerprint density at radius 3 is 1.64 bits per heavy atom. The van der Waals surface area contributed by atoms with Gasteiger partial charge in [-0.1, -0.05) is 6.07 Å². The number of aromatic nitrogens is 7. The summed E-state index contributed by atoms with van der Waals surface area (Å²) in [6.45, 7) is 8.38. The average molecular weight is 299 g/mol. The van der Waals surface area contributed by atoms with E-state index in [2.05, 4.69) is 42.9 Å². The Morgan fingerprint density at radius 1 is 0.818 bits per heavy atom. The maximum atomic E-state index is 4.68. The van der Waals surface area contributed by atoms with Crippen LogP contribution in [0.1, 0.15) is 39.8 Å². The van der Waals surface area contributed by atoms with Crippen LogP contribution in [0.3, 0.4) is 0 Å². The zero-order chi connectivity index (χ0) is 15.7. The topological polar surface area (TPSA) is 56.3 Å². The van der Waals surface area contributed by atoms with Crippen molar-refractivity contribution in [2.24, 2.45) is 0 Å². The molecule has 0 aliphatic carbocycles. The summed E-state index contributed by atoms with van der Waals surface area (Å²) < 4.78 is 7.63. The van der Waals surface area contributed by atoms with Gasteiger partial charge in [0, 0.05) is 12.1 Å². The van der Waals surface area contributed by atoms with E-state index >= 15 is 0 Å². The predicted molar refractivity (Wildman–Crippen MR) is 79.6 cm³/mol. The maximum absolute atomic E-state index is 4.68. The highest BCUT2D eigenvalue weighted by molar-refractivity contribution is 5.19. The second-order valence-electron chi connectivity index (χ2n) is 5.81. The van der Waals surface area contributed by atoms with E-state index in [0.29, 0.717) is 12.1 Å². The Hall–Kier alpha value is -2.57. The van der Waals surface area contributed by atoms with E-state index in [1.165, 1.54) is 0 Å². The van der Waals surface area contributed by atoms with Crippen LogP contribution in [-0.4, -0.2) is 24.5 Å². The molecule has 0 spiro atoms. The Bertz CT molecular complexity index is 708. The number of hydrogen-bond acceptors (Lipinski definition) is 3. The molecule has 7 heteroatoms. The number of rotatable bonds is 4. The number of nitrogens with zero attached hydrogens (tertiary/aromatic N) is 7. The lowest BCUT2D eigenvalue weighted by molar-refractivity contribution is -0.612. The largest absolute Gasteiger partial charge is 0.240 e. The zero-order valence-corrected chi connectivity index (χ0v) is 13.3. The highest BCUT2D eigenvalue weighted by Crippen LogP contribution is 2.03. The average Bonchev–Trinajstić information content (AvgIpc) is 3.17. The predicted octanol–water partition coefficient (Wildman–Crippen LogP) is 1.19. The van der Waals surface area contributed by atoms with Crippen LogP contribution >= 0.6 is 0 Å². The van der Waals surface area contributed by atoms with Crippen LogP contribution < -0.4 is 9.13 Å². The molecule has 7 nitrogen and oxygen atoms in total. The van der Waals surface area contributed by atoms with Crippen molar-refractivity contribution in [1.82, 2.24) is 24.5 Å². The Labute approximate surface area is 129 Å². The molecule has 3 heterocycles. The van der Waals surface area contributed by atoms with Gasteiger partial charge in [-0.2, -0.15) is 9.13 Å². The molecule has 0 amide bonds. The first-order valence-corrected chi connectivity index (χ1v) is 7.43. The van der Waals surface area contributed by atoms with Crippen LogP contribution in [0.5, 0.6) is 0 Å². The minimum Gasteiger partial charge on any atom is -0.197 e. The molecule has 0 atom stereocenters. The van der Waals surface area contributed by atoms with Crippen LogP contribution in [0.25, 0.3) is 11.6 Å². The van der Waals surface area contributed by atoms with Gasteiger partial charge in [-0.15, -0.1) is 14.3 Å². The molecule has 0 bridgehead atoms. The second-order valence-corrected chi connectivity index (χ2v) is 5.81. The minimum atomic E-state index is 0.322. The molecule has 0 radical (unpaired) electrons. The molecule has 3 rings (SSSR count). The van der Waals surface area contributed by atoms with Gasteiger partial charge in [0.25, 0.3) is 0 Å². The van der Waals surface area contributed by atoms with E-state index in [-0.39, 0.29) is 0 Å². The SMILES string of the molecule is CC(C)n1c[n+](-c2cccc(-[n+]3cnn(C(C)C)c3)n2)cn1. The second kappa shape index (κ2) is 5.67. The zero-order valence-electron chi connectivity index (χ0n) is 13.3. The lowest BCUT2D eigenvalue weighted by atomic mass is 10.4. The van der Waals surface area contributed by atoms with E-state index in [1.54, 1.807) is 12.7 Å². The summed E-state index contributed by atoms with van der Waals surface area (Å²) in [5.41, 5.74) is 0. The molecule has 0 aromatic carbocycles. The smallest absolute Gasteiger partial charge is 0.197 e. The van der Waals surface area contributed by atoms with Crippen molar-refractivity contribution in [3.05, 3.63) is 43.5 Å². The summed E-state index contributed by atoms with van der Waals surface area (Å²) in [6, 6.07) is 6.55. The first-order valence-electron chi connectivity index (χ1n) is 7.43. The van der Waals surface area contributed by atoms with E-state index < -0.39 is 0 Å². The molecule has 0 fully saturated rings. The fourth-order valence-corrected chi connectivity index (χ4v) is 2.07. The summed E-state index contributed by atoms with van der Waals surface area (Å²) >= 11 is 0. The van der Waals surface area contributed by atoms with Crippen LogP contribution in [0.2, 0.25) is 0 Å². The van der Waals surface area contributed by atoms with E-state index in [9.17, 15) is 0 Å². The third-order valence-electron chi connectivity index (χ3n) is 3.41. The van der Waals surface area contributed by atoms with E-state index in [4.69, 9.17) is 0 Å². The summed E-state index contributed by atoms with van der Waals surface area (Å²) in [5.74, 6) is 1.66. The molecule has 22 heavy (non-hydrogen) atoms. The molecular formula is C15H21N7+2. The molecule has 3 aromatic heterocycles. The van der Waals surface area contributed by atoms with Gasteiger partial charge in [0.15, 0.2) is 12.7 Å². The summed E-state index contributed by atoms with van der Waals surface area (Å²) in [7, 11) is 0. The van der Waals surface area contributed by atoms with Crippen LogP contribution in [0, 0.1) is 0 Å². The molecule has 0 N–H and O–H groups in total. The van der Waals surface area contributed by atoms with Crippen molar-refractivity contribution >= 4 is 0 Å². The molecule has 0 saturated carbocycles. The minimum absolute atomic E-state index is 0.322. The van der Waals surface area contributed by atoms with Gasteiger partial charge >= 0.3 is 0 Å². The van der Waals surface area contributed by atoms with Crippen molar-refractivity contribution in [1.29, 1.82) is 0 Å². The molecule has 0 aliphatic heterocycles. The number of pyridine rings is 1. The Kier molecular flexibility index (Phi) is 3.70. The van der Waals surface area contributed by atoms with Crippen molar-refractivity contribution < 1.29 is 9.13 Å². The van der Waals surface area contributed by atoms with Gasteiger partial charge < -0.3 is 0 Å². The van der Waals surface area contributed by atoms with Gasteiger partial charge in [0.1, 0.15) is 0 Å². The van der Waals surface area contributed by atoms with Gasteiger partial charge in [-0.05, 0) is 37.9 Å². The summed E-state index contributed by atoms with van der Waals surface area (Å²) in [5, 5.41) is 8.68. The monoisotopic (exact) mass is 299 g/mol. The van der Waals surface area contributed by atoms with Gasteiger partial charge in [-0.3, -0.25) is 0 Å². The van der Waals surface area contributed by atoms with Crippen LogP contribution in [0.15, 0.2) is 43.5 Å². The Balaban J connectivity index is 1.94. The van der Waals surface area contributed by atoms with Gasteiger partial charge in [0.05, 0.1) is 12.1 Å². The molecule has 0 unspecified atom stereocenters. The number of hydrogen-bond donors (Lipinski definition) is 0. The normalized spacial score (nSPS) is 11.5. The molecule has 0 aliphatic rings. The van der Waals surface area contributed by atoms with E-state index in [0.717, 1.165) is 11.6 Å². The fraction of sp³-hybridized carbons (Fsp3) is 0.400. The molecule has 3 aromatic rings. The van der Waals surface area contributed by atoms with Crippen molar-refractivity contribution in [2.45, 2.75) is 39.8 Å². The fourth-order valence-electron chi connectivity index (χ4n) is 2.07.